The molecule has 1 heterocycles. The number of rotatable bonds is 6. The van der Waals surface area contributed by atoms with E-state index in [-0.39, 0.29) is 12.5 Å². The average Bonchev–Trinajstić information content (AvgIpc) is 3.19. The van der Waals surface area contributed by atoms with Crippen LogP contribution in [0.25, 0.3) is 0 Å². The largest absolute Gasteiger partial charge is 0.328 e. The standard InChI is InChI=1S/C15H17ClN4O/c16-13-3-1-2-4-14(13)19-15(21)9-20-8-12(18-10-20)7-17-11-5-6-11/h1-4,8,10-11,17H,5-7,9H2,(H,19,21). The lowest BCUT2D eigenvalue weighted by Gasteiger charge is -2.07. The number of aromatic nitrogens is 2. The maximum Gasteiger partial charge on any atom is 0.244 e. The van der Waals surface area contributed by atoms with Crippen molar-refractivity contribution in [2.75, 3.05) is 5.32 Å². The Hall–Kier alpha value is -1.85. The zero-order valence-corrected chi connectivity index (χ0v) is 12.3. The van der Waals surface area contributed by atoms with Crippen LogP contribution in [0.3, 0.4) is 0 Å². The summed E-state index contributed by atoms with van der Waals surface area (Å²) >= 11 is 6.01. The van der Waals surface area contributed by atoms with Gasteiger partial charge in [-0.25, -0.2) is 4.98 Å². The van der Waals surface area contributed by atoms with Crippen LogP contribution in [0, 0.1) is 0 Å². The van der Waals surface area contributed by atoms with Gasteiger partial charge in [-0.2, -0.15) is 0 Å². The van der Waals surface area contributed by atoms with Gasteiger partial charge in [-0.1, -0.05) is 23.7 Å². The molecule has 1 aromatic heterocycles. The first-order chi connectivity index (χ1) is 10.2. The van der Waals surface area contributed by atoms with Crippen LogP contribution < -0.4 is 10.6 Å². The molecule has 3 rings (SSSR count). The smallest absolute Gasteiger partial charge is 0.244 e. The third-order valence-corrected chi connectivity index (χ3v) is 3.64. The molecule has 0 bridgehead atoms. The molecular formula is C15H17ClN4O. The molecule has 1 aromatic carbocycles. The van der Waals surface area contributed by atoms with E-state index in [1.54, 1.807) is 23.0 Å². The lowest BCUT2D eigenvalue weighted by molar-refractivity contribution is -0.116. The van der Waals surface area contributed by atoms with Crippen molar-refractivity contribution in [1.82, 2.24) is 14.9 Å². The highest BCUT2D eigenvalue weighted by Gasteiger charge is 2.20. The fourth-order valence-corrected chi connectivity index (χ4v) is 2.22. The van der Waals surface area contributed by atoms with E-state index >= 15 is 0 Å². The Kier molecular flexibility index (Phi) is 4.22. The highest BCUT2D eigenvalue weighted by Crippen LogP contribution is 2.20. The molecule has 0 unspecified atom stereocenters. The van der Waals surface area contributed by atoms with Gasteiger partial charge in [0.15, 0.2) is 0 Å². The number of imidazole rings is 1. The van der Waals surface area contributed by atoms with Crippen molar-refractivity contribution in [3.8, 4) is 0 Å². The van der Waals surface area contributed by atoms with Crippen molar-refractivity contribution in [2.24, 2.45) is 0 Å². The van der Waals surface area contributed by atoms with Gasteiger partial charge >= 0.3 is 0 Å². The summed E-state index contributed by atoms with van der Waals surface area (Å²) in [6.45, 7) is 0.978. The average molecular weight is 305 g/mol. The zero-order chi connectivity index (χ0) is 14.7. The molecule has 0 spiro atoms. The van der Waals surface area contributed by atoms with Crippen LogP contribution >= 0.6 is 11.6 Å². The van der Waals surface area contributed by atoms with Crippen LogP contribution in [0.5, 0.6) is 0 Å². The second kappa shape index (κ2) is 6.28. The number of carbonyl (C=O) groups is 1. The molecule has 1 aliphatic carbocycles. The van der Waals surface area contributed by atoms with E-state index in [0.29, 0.717) is 16.8 Å². The lowest BCUT2D eigenvalue weighted by Crippen LogP contribution is -2.18. The number of hydrogen-bond donors (Lipinski definition) is 2. The highest BCUT2D eigenvalue weighted by atomic mass is 35.5. The Labute approximate surface area is 128 Å². The fourth-order valence-electron chi connectivity index (χ4n) is 2.04. The molecule has 21 heavy (non-hydrogen) atoms. The van der Waals surface area contributed by atoms with Gasteiger partial charge in [0.2, 0.25) is 5.91 Å². The van der Waals surface area contributed by atoms with Crippen molar-refractivity contribution < 1.29 is 4.79 Å². The normalized spacial score (nSPS) is 14.1. The van der Waals surface area contributed by atoms with Crippen LogP contribution in [0.2, 0.25) is 5.02 Å². The van der Waals surface area contributed by atoms with E-state index in [1.165, 1.54) is 12.8 Å². The minimum atomic E-state index is -0.123. The van der Waals surface area contributed by atoms with Gasteiger partial charge in [-0.05, 0) is 25.0 Å². The number of carbonyl (C=O) groups excluding carboxylic acids is 1. The van der Waals surface area contributed by atoms with Crippen LogP contribution in [0.15, 0.2) is 36.8 Å². The summed E-state index contributed by atoms with van der Waals surface area (Å²) in [5.41, 5.74) is 1.58. The number of nitrogens with zero attached hydrogens (tertiary/aromatic N) is 2. The van der Waals surface area contributed by atoms with Gasteiger partial charge < -0.3 is 15.2 Å². The molecule has 0 radical (unpaired) electrons. The van der Waals surface area contributed by atoms with E-state index in [9.17, 15) is 4.79 Å². The molecular weight excluding hydrogens is 288 g/mol. The summed E-state index contributed by atoms with van der Waals surface area (Å²) in [7, 11) is 0. The number of para-hydroxylation sites is 1. The molecule has 0 atom stereocenters. The van der Waals surface area contributed by atoms with Gasteiger partial charge in [-0.15, -0.1) is 0 Å². The van der Waals surface area contributed by atoms with Crippen molar-refractivity contribution in [2.45, 2.75) is 32.0 Å². The molecule has 1 aliphatic rings. The molecule has 5 nitrogen and oxygen atoms in total. The third kappa shape index (κ3) is 4.06. The van der Waals surface area contributed by atoms with Crippen molar-refractivity contribution >= 4 is 23.2 Å². The SMILES string of the molecule is O=C(Cn1cnc(CNC2CC2)c1)Nc1ccccc1Cl. The molecule has 110 valence electrons. The van der Waals surface area contributed by atoms with Crippen LogP contribution in [0.4, 0.5) is 5.69 Å². The van der Waals surface area contributed by atoms with Crippen molar-refractivity contribution in [3.63, 3.8) is 0 Å². The van der Waals surface area contributed by atoms with Gasteiger partial charge in [0.25, 0.3) is 0 Å². The summed E-state index contributed by atoms with van der Waals surface area (Å²) in [6.07, 6.45) is 6.07. The highest BCUT2D eigenvalue weighted by molar-refractivity contribution is 6.33. The number of amides is 1. The van der Waals surface area contributed by atoms with Crippen molar-refractivity contribution in [1.29, 1.82) is 0 Å². The lowest BCUT2D eigenvalue weighted by atomic mass is 10.3. The molecule has 2 aromatic rings. The summed E-state index contributed by atoms with van der Waals surface area (Å²) in [5, 5.41) is 6.72. The number of hydrogen-bond acceptors (Lipinski definition) is 3. The Morgan fingerprint density at radius 3 is 2.95 bits per heavy atom. The number of nitrogens with one attached hydrogen (secondary N) is 2. The van der Waals surface area contributed by atoms with E-state index in [1.807, 2.05) is 18.3 Å². The second-order valence-electron chi connectivity index (χ2n) is 5.22. The van der Waals surface area contributed by atoms with Gasteiger partial charge in [-0.3, -0.25) is 4.79 Å². The summed E-state index contributed by atoms with van der Waals surface area (Å²) < 4.78 is 1.77. The second-order valence-corrected chi connectivity index (χ2v) is 5.63. The minimum Gasteiger partial charge on any atom is -0.328 e. The monoisotopic (exact) mass is 304 g/mol. The van der Waals surface area contributed by atoms with E-state index < -0.39 is 0 Å². The third-order valence-electron chi connectivity index (χ3n) is 3.31. The van der Waals surface area contributed by atoms with E-state index in [4.69, 9.17) is 11.6 Å². The summed E-state index contributed by atoms with van der Waals surface area (Å²) in [5.74, 6) is -0.123. The van der Waals surface area contributed by atoms with Gasteiger partial charge in [0, 0.05) is 18.8 Å². The zero-order valence-electron chi connectivity index (χ0n) is 11.6. The Morgan fingerprint density at radius 2 is 2.19 bits per heavy atom. The molecule has 1 amide bonds. The maximum atomic E-state index is 12.0. The maximum absolute atomic E-state index is 12.0. The van der Waals surface area contributed by atoms with Crippen LogP contribution in [0.1, 0.15) is 18.5 Å². The molecule has 0 aliphatic heterocycles. The fraction of sp³-hybridized carbons (Fsp3) is 0.333. The Balaban J connectivity index is 1.53. The summed E-state index contributed by atoms with van der Waals surface area (Å²) in [4.78, 5) is 16.3. The Bertz CT molecular complexity index is 636. The molecule has 0 saturated heterocycles. The van der Waals surface area contributed by atoms with E-state index in [0.717, 1.165) is 12.2 Å². The van der Waals surface area contributed by atoms with Crippen LogP contribution in [-0.2, 0) is 17.9 Å². The minimum absolute atomic E-state index is 0.123. The number of halogens is 1. The topological polar surface area (TPSA) is 59.0 Å². The van der Waals surface area contributed by atoms with Crippen LogP contribution in [-0.4, -0.2) is 21.5 Å². The van der Waals surface area contributed by atoms with Gasteiger partial charge in [0.05, 0.1) is 22.7 Å². The molecule has 1 fully saturated rings. The molecule has 6 heteroatoms. The predicted molar refractivity (Wildman–Crippen MR) is 82.2 cm³/mol. The van der Waals surface area contributed by atoms with Gasteiger partial charge in [0.1, 0.15) is 6.54 Å². The quantitative estimate of drug-likeness (QED) is 0.862. The first-order valence-corrected chi connectivity index (χ1v) is 7.37. The number of anilines is 1. The molecule has 1 saturated carbocycles. The first-order valence-electron chi connectivity index (χ1n) is 6.99. The predicted octanol–water partition coefficient (Wildman–Crippen LogP) is 2.43. The molecule has 2 N–H and O–H groups in total. The first kappa shape index (κ1) is 14.1. The Morgan fingerprint density at radius 1 is 1.38 bits per heavy atom. The van der Waals surface area contributed by atoms with Crippen molar-refractivity contribution in [3.05, 3.63) is 47.5 Å². The summed E-state index contributed by atoms with van der Waals surface area (Å²) in [6, 6.07) is 7.83. The van der Waals surface area contributed by atoms with E-state index in [2.05, 4.69) is 15.6 Å². The number of benzene rings is 1.